The standard InChI is InChI=1S/C17H17NO2/c1-14-5-4-11-18(17(14)20)13-16-9-7-15(8-10-16)6-2-3-12-19/h4-5,7-11,19H,3,12-13H2,1H3. The lowest BCUT2D eigenvalue weighted by atomic mass is 10.1. The molecule has 0 atom stereocenters. The van der Waals surface area contributed by atoms with Gasteiger partial charge in [0.1, 0.15) is 0 Å². The van der Waals surface area contributed by atoms with Crippen LogP contribution in [0.25, 0.3) is 0 Å². The molecule has 1 heterocycles. The molecule has 3 nitrogen and oxygen atoms in total. The van der Waals surface area contributed by atoms with E-state index in [0.29, 0.717) is 13.0 Å². The van der Waals surface area contributed by atoms with E-state index in [0.717, 1.165) is 16.7 Å². The molecule has 0 fully saturated rings. The zero-order chi connectivity index (χ0) is 14.4. The number of aryl methyl sites for hydroxylation is 1. The predicted molar refractivity (Wildman–Crippen MR) is 79.6 cm³/mol. The number of benzene rings is 1. The number of aromatic nitrogens is 1. The van der Waals surface area contributed by atoms with E-state index < -0.39 is 0 Å². The number of hydrogen-bond donors (Lipinski definition) is 1. The van der Waals surface area contributed by atoms with Crippen molar-refractivity contribution in [3.63, 3.8) is 0 Å². The first-order chi connectivity index (χ1) is 9.70. The monoisotopic (exact) mass is 267 g/mol. The van der Waals surface area contributed by atoms with Crippen LogP contribution in [-0.4, -0.2) is 16.3 Å². The molecule has 1 aromatic carbocycles. The Bertz CT molecular complexity index is 687. The fourth-order valence-electron chi connectivity index (χ4n) is 1.89. The zero-order valence-electron chi connectivity index (χ0n) is 11.5. The van der Waals surface area contributed by atoms with Crippen LogP contribution in [0, 0.1) is 18.8 Å². The van der Waals surface area contributed by atoms with Gasteiger partial charge in [-0.2, -0.15) is 0 Å². The third-order valence-corrected chi connectivity index (χ3v) is 2.99. The van der Waals surface area contributed by atoms with Crippen LogP contribution in [0.15, 0.2) is 47.4 Å². The van der Waals surface area contributed by atoms with Crippen molar-refractivity contribution in [3.05, 3.63) is 69.6 Å². The van der Waals surface area contributed by atoms with E-state index in [4.69, 9.17) is 5.11 Å². The van der Waals surface area contributed by atoms with Crippen molar-refractivity contribution in [2.45, 2.75) is 19.9 Å². The minimum Gasteiger partial charge on any atom is -0.395 e. The van der Waals surface area contributed by atoms with Crippen LogP contribution in [0.1, 0.15) is 23.1 Å². The second-order valence-electron chi connectivity index (χ2n) is 4.60. The molecule has 2 aromatic rings. The minimum atomic E-state index is 0.0410. The molecule has 0 aliphatic heterocycles. The van der Waals surface area contributed by atoms with Gasteiger partial charge in [-0.05, 0) is 30.7 Å². The van der Waals surface area contributed by atoms with Crippen LogP contribution in [0.3, 0.4) is 0 Å². The highest BCUT2D eigenvalue weighted by atomic mass is 16.2. The molecule has 0 radical (unpaired) electrons. The Morgan fingerprint density at radius 3 is 2.65 bits per heavy atom. The van der Waals surface area contributed by atoms with Gasteiger partial charge >= 0.3 is 0 Å². The molecule has 3 heteroatoms. The molecular weight excluding hydrogens is 250 g/mol. The third kappa shape index (κ3) is 3.59. The number of aliphatic hydroxyl groups is 1. The molecule has 0 aliphatic carbocycles. The fraction of sp³-hybridized carbons (Fsp3) is 0.235. The molecule has 2 rings (SSSR count). The largest absolute Gasteiger partial charge is 0.395 e. The summed E-state index contributed by atoms with van der Waals surface area (Å²) >= 11 is 0. The summed E-state index contributed by atoms with van der Waals surface area (Å²) in [4.78, 5) is 11.9. The minimum absolute atomic E-state index is 0.0410. The topological polar surface area (TPSA) is 42.2 Å². The van der Waals surface area contributed by atoms with E-state index in [2.05, 4.69) is 11.8 Å². The molecule has 0 saturated heterocycles. The Balaban J connectivity index is 2.14. The summed E-state index contributed by atoms with van der Waals surface area (Å²) in [6.45, 7) is 2.46. The van der Waals surface area contributed by atoms with Gasteiger partial charge in [-0.3, -0.25) is 4.79 Å². The lowest BCUT2D eigenvalue weighted by Crippen LogP contribution is -2.21. The van der Waals surface area contributed by atoms with Gasteiger partial charge in [0, 0.05) is 23.7 Å². The van der Waals surface area contributed by atoms with Gasteiger partial charge in [-0.25, -0.2) is 0 Å². The Labute approximate surface area is 118 Å². The highest BCUT2D eigenvalue weighted by Gasteiger charge is 2.00. The SMILES string of the molecule is Cc1cccn(Cc2ccc(C#CCCO)cc2)c1=O. The molecular formula is C17H17NO2. The molecule has 0 spiro atoms. The smallest absolute Gasteiger partial charge is 0.253 e. The van der Waals surface area contributed by atoms with Crippen LogP contribution < -0.4 is 5.56 Å². The highest BCUT2D eigenvalue weighted by Crippen LogP contribution is 2.05. The van der Waals surface area contributed by atoms with Crippen LogP contribution in [0.4, 0.5) is 0 Å². The van der Waals surface area contributed by atoms with Gasteiger partial charge in [0.25, 0.3) is 5.56 Å². The van der Waals surface area contributed by atoms with Crippen molar-refractivity contribution < 1.29 is 5.11 Å². The number of hydrogen-bond acceptors (Lipinski definition) is 2. The first-order valence-corrected chi connectivity index (χ1v) is 6.55. The summed E-state index contributed by atoms with van der Waals surface area (Å²) in [6.07, 6.45) is 2.28. The van der Waals surface area contributed by atoms with E-state index >= 15 is 0 Å². The molecule has 20 heavy (non-hydrogen) atoms. The second-order valence-corrected chi connectivity index (χ2v) is 4.60. The average molecular weight is 267 g/mol. The van der Waals surface area contributed by atoms with Crippen LogP contribution in [0.5, 0.6) is 0 Å². The van der Waals surface area contributed by atoms with Gasteiger partial charge < -0.3 is 9.67 Å². The van der Waals surface area contributed by atoms with E-state index in [9.17, 15) is 4.79 Å². The van der Waals surface area contributed by atoms with E-state index in [1.165, 1.54) is 0 Å². The van der Waals surface area contributed by atoms with Crippen molar-refractivity contribution >= 4 is 0 Å². The maximum Gasteiger partial charge on any atom is 0.253 e. The van der Waals surface area contributed by atoms with Crippen molar-refractivity contribution in [3.8, 4) is 11.8 Å². The first kappa shape index (κ1) is 14.1. The summed E-state index contributed by atoms with van der Waals surface area (Å²) in [5.41, 5.74) is 2.77. The lowest BCUT2D eigenvalue weighted by Gasteiger charge is -2.06. The summed E-state index contributed by atoms with van der Waals surface area (Å²) in [5.74, 6) is 5.86. The molecule has 0 aliphatic rings. The van der Waals surface area contributed by atoms with Crippen molar-refractivity contribution in [1.29, 1.82) is 0 Å². The Morgan fingerprint density at radius 1 is 1.20 bits per heavy atom. The summed E-state index contributed by atoms with van der Waals surface area (Å²) in [7, 11) is 0. The van der Waals surface area contributed by atoms with E-state index in [1.807, 2.05) is 43.3 Å². The summed E-state index contributed by atoms with van der Waals surface area (Å²) in [5, 5.41) is 8.67. The van der Waals surface area contributed by atoms with Crippen molar-refractivity contribution in [2.75, 3.05) is 6.61 Å². The van der Waals surface area contributed by atoms with Crippen molar-refractivity contribution in [2.24, 2.45) is 0 Å². The Morgan fingerprint density at radius 2 is 1.95 bits per heavy atom. The fourth-order valence-corrected chi connectivity index (χ4v) is 1.89. The van der Waals surface area contributed by atoms with Gasteiger partial charge in [-0.15, -0.1) is 0 Å². The van der Waals surface area contributed by atoms with Crippen molar-refractivity contribution in [1.82, 2.24) is 4.57 Å². The molecule has 1 aromatic heterocycles. The molecule has 0 bridgehead atoms. The van der Waals surface area contributed by atoms with Crippen LogP contribution in [-0.2, 0) is 6.54 Å². The first-order valence-electron chi connectivity index (χ1n) is 6.55. The van der Waals surface area contributed by atoms with Gasteiger partial charge in [0.15, 0.2) is 0 Å². The number of rotatable bonds is 3. The van der Waals surface area contributed by atoms with E-state index in [1.54, 1.807) is 10.8 Å². The molecule has 1 N–H and O–H groups in total. The maximum atomic E-state index is 11.9. The number of pyridine rings is 1. The number of aliphatic hydroxyl groups excluding tert-OH is 1. The quantitative estimate of drug-likeness (QED) is 0.864. The van der Waals surface area contributed by atoms with Gasteiger partial charge in [0.2, 0.25) is 0 Å². The molecule has 0 saturated carbocycles. The number of nitrogens with zero attached hydrogens (tertiary/aromatic N) is 1. The molecule has 102 valence electrons. The Kier molecular flexibility index (Phi) is 4.75. The maximum absolute atomic E-state index is 11.9. The lowest BCUT2D eigenvalue weighted by molar-refractivity contribution is 0.305. The van der Waals surface area contributed by atoms with E-state index in [-0.39, 0.29) is 12.2 Å². The predicted octanol–water partition coefficient (Wildman–Crippen LogP) is 1.94. The van der Waals surface area contributed by atoms with Crippen LogP contribution >= 0.6 is 0 Å². The zero-order valence-corrected chi connectivity index (χ0v) is 11.5. The average Bonchev–Trinajstić information content (AvgIpc) is 2.46. The molecule has 0 unspecified atom stereocenters. The van der Waals surface area contributed by atoms with Crippen LogP contribution in [0.2, 0.25) is 0 Å². The Hall–Kier alpha value is -2.31. The molecule has 0 amide bonds. The van der Waals surface area contributed by atoms with Gasteiger partial charge in [-0.1, -0.05) is 30.0 Å². The normalized spacial score (nSPS) is 9.90. The highest BCUT2D eigenvalue weighted by molar-refractivity contribution is 5.36. The van der Waals surface area contributed by atoms with Gasteiger partial charge in [0.05, 0.1) is 13.2 Å². The second kappa shape index (κ2) is 6.74. The third-order valence-electron chi connectivity index (χ3n) is 2.99. The summed E-state index contributed by atoms with van der Waals surface area (Å²) < 4.78 is 1.70. The summed E-state index contributed by atoms with van der Waals surface area (Å²) in [6, 6.07) is 11.5.